The first kappa shape index (κ1) is 11.7. The highest BCUT2D eigenvalue weighted by Gasteiger charge is 2.27. The van der Waals surface area contributed by atoms with Gasteiger partial charge in [0.1, 0.15) is 0 Å². The van der Waals surface area contributed by atoms with Crippen molar-refractivity contribution in [1.82, 2.24) is 0 Å². The number of rotatable bonds is 3. The Hall–Kier alpha value is -1.39. The highest BCUT2D eigenvalue weighted by Crippen LogP contribution is 2.25. The van der Waals surface area contributed by atoms with Gasteiger partial charge >= 0.3 is 0 Å². The van der Waals surface area contributed by atoms with Crippen LogP contribution in [0.4, 0.5) is 0 Å². The lowest BCUT2D eigenvalue weighted by Crippen LogP contribution is -2.33. The average molecular weight is 208 g/mol. The van der Waals surface area contributed by atoms with Gasteiger partial charge in [0.2, 0.25) is 5.91 Å². The van der Waals surface area contributed by atoms with Crippen molar-refractivity contribution in [2.75, 3.05) is 6.61 Å². The normalized spacial score (nSPS) is 27.0. The molecule has 0 bridgehead atoms. The summed E-state index contributed by atoms with van der Waals surface area (Å²) in [4.78, 5) is 11.3. The van der Waals surface area contributed by atoms with E-state index in [1.807, 2.05) is 0 Å². The largest absolute Gasteiger partial charge is 0.394 e. The number of hydrogen-bond acceptors (Lipinski definition) is 3. The SMILES string of the molecule is CC1(C(N)=O)C=CC=CC(C(N)CO)=C1. The van der Waals surface area contributed by atoms with Gasteiger partial charge in [-0.1, -0.05) is 30.4 Å². The summed E-state index contributed by atoms with van der Waals surface area (Å²) >= 11 is 0. The molecule has 0 aromatic carbocycles. The number of primary amides is 1. The number of aliphatic hydroxyl groups excluding tert-OH is 1. The Morgan fingerprint density at radius 1 is 1.60 bits per heavy atom. The van der Waals surface area contributed by atoms with Crippen molar-refractivity contribution in [1.29, 1.82) is 0 Å². The molecule has 82 valence electrons. The average Bonchev–Trinajstić information content (AvgIpc) is 2.40. The minimum absolute atomic E-state index is 0.162. The van der Waals surface area contributed by atoms with Crippen molar-refractivity contribution < 1.29 is 9.90 Å². The maximum absolute atomic E-state index is 11.3. The fourth-order valence-electron chi connectivity index (χ4n) is 1.35. The van der Waals surface area contributed by atoms with E-state index in [1.54, 1.807) is 37.3 Å². The third kappa shape index (κ3) is 2.55. The van der Waals surface area contributed by atoms with E-state index in [9.17, 15) is 4.79 Å². The molecule has 1 aliphatic carbocycles. The first-order valence-electron chi connectivity index (χ1n) is 4.74. The molecule has 2 atom stereocenters. The van der Waals surface area contributed by atoms with Gasteiger partial charge in [-0.05, 0) is 12.5 Å². The molecule has 0 spiro atoms. The van der Waals surface area contributed by atoms with Gasteiger partial charge in [0, 0.05) is 0 Å². The summed E-state index contributed by atoms with van der Waals surface area (Å²) in [5, 5.41) is 8.95. The van der Waals surface area contributed by atoms with E-state index in [0.717, 1.165) is 0 Å². The second-order valence-electron chi connectivity index (χ2n) is 3.80. The maximum atomic E-state index is 11.3. The molecule has 15 heavy (non-hydrogen) atoms. The van der Waals surface area contributed by atoms with E-state index in [-0.39, 0.29) is 6.61 Å². The summed E-state index contributed by atoms with van der Waals surface area (Å²) in [5.74, 6) is -0.440. The third-order valence-electron chi connectivity index (χ3n) is 2.46. The van der Waals surface area contributed by atoms with Gasteiger partial charge in [0.15, 0.2) is 0 Å². The lowest BCUT2D eigenvalue weighted by molar-refractivity contribution is -0.122. The molecule has 4 nitrogen and oxygen atoms in total. The minimum atomic E-state index is -0.842. The molecule has 4 heteroatoms. The lowest BCUT2D eigenvalue weighted by Gasteiger charge is -2.19. The van der Waals surface area contributed by atoms with Crippen molar-refractivity contribution in [3.05, 3.63) is 36.0 Å². The summed E-state index contributed by atoms with van der Waals surface area (Å²) in [6.45, 7) is 1.55. The summed E-state index contributed by atoms with van der Waals surface area (Å²) in [6, 6.07) is -0.486. The van der Waals surface area contributed by atoms with Crippen LogP contribution in [0.25, 0.3) is 0 Å². The van der Waals surface area contributed by atoms with Gasteiger partial charge in [-0.2, -0.15) is 0 Å². The Labute approximate surface area is 88.9 Å². The first-order chi connectivity index (χ1) is 6.99. The predicted octanol–water partition coefficient (Wildman–Crippen LogP) is -0.150. The van der Waals surface area contributed by atoms with Gasteiger partial charge in [-0.15, -0.1) is 0 Å². The minimum Gasteiger partial charge on any atom is -0.394 e. The van der Waals surface area contributed by atoms with Crippen LogP contribution in [0, 0.1) is 5.41 Å². The lowest BCUT2D eigenvalue weighted by atomic mass is 9.86. The van der Waals surface area contributed by atoms with Crippen LogP contribution in [0.5, 0.6) is 0 Å². The molecule has 1 aliphatic rings. The Bertz CT molecular complexity index is 344. The highest BCUT2D eigenvalue weighted by molar-refractivity contribution is 5.85. The van der Waals surface area contributed by atoms with E-state index in [2.05, 4.69) is 0 Å². The second-order valence-corrected chi connectivity index (χ2v) is 3.80. The third-order valence-corrected chi connectivity index (χ3v) is 2.46. The Kier molecular flexibility index (Phi) is 3.44. The van der Waals surface area contributed by atoms with Crippen molar-refractivity contribution in [3.63, 3.8) is 0 Å². The molecule has 0 aliphatic heterocycles. The van der Waals surface area contributed by atoms with Gasteiger partial charge in [0.05, 0.1) is 18.1 Å². The molecular formula is C11H16N2O2. The van der Waals surface area contributed by atoms with Crippen LogP contribution in [0.2, 0.25) is 0 Å². The van der Waals surface area contributed by atoms with Crippen molar-refractivity contribution in [2.45, 2.75) is 13.0 Å². The zero-order chi connectivity index (χ0) is 11.5. The number of carbonyl (C=O) groups excluding carboxylic acids is 1. The maximum Gasteiger partial charge on any atom is 0.231 e. The standard InChI is InChI=1S/C11H16N2O2/c1-11(10(13)15)5-3-2-4-8(6-11)9(12)7-14/h2-6,9,14H,7,12H2,1H3,(H2,13,15). The van der Waals surface area contributed by atoms with Gasteiger partial charge in [-0.3, -0.25) is 4.79 Å². The molecule has 0 aromatic heterocycles. The topological polar surface area (TPSA) is 89.3 Å². The molecule has 0 saturated carbocycles. The molecule has 0 saturated heterocycles. The number of amides is 1. The number of hydrogen-bond donors (Lipinski definition) is 3. The summed E-state index contributed by atoms with van der Waals surface area (Å²) in [7, 11) is 0. The molecule has 1 rings (SSSR count). The van der Waals surface area contributed by atoms with Crippen molar-refractivity contribution in [3.8, 4) is 0 Å². The number of carbonyl (C=O) groups is 1. The van der Waals surface area contributed by atoms with E-state index in [4.69, 9.17) is 16.6 Å². The zero-order valence-electron chi connectivity index (χ0n) is 8.68. The zero-order valence-corrected chi connectivity index (χ0v) is 8.68. The van der Waals surface area contributed by atoms with E-state index in [0.29, 0.717) is 5.57 Å². The van der Waals surface area contributed by atoms with E-state index in [1.165, 1.54) is 0 Å². The van der Waals surface area contributed by atoms with Gasteiger partial charge in [-0.25, -0.2) is 0 Å². The highest BCUT2D eigenvalue weighted by atomic mass is 16.3. The fourth-order valence-corrected chi connectivity index (χ4v) is 1.35. The van der Waals surface area contributed by atoms with Crippen LogP contribution in [-0.2, 0) is 4.79 Å². The smallest absolute Gasteiger partial charge is 0.231 e. The first-order valence-corrected chi connectivity index (χ1v) is 4.74. The number of allylic oxidation sites excluding steroid dienone is 2. The molecule has 0 heterocycles. The van der Waals surface area contributed by atoms with Crippen LogP contribution in [-0.4, -0.2) is 23.7 Å². The molecule has 1 amide bonds. The number of aliphatic hydroxyl groups is 1. The van der Waals surface area contributed by atoms with Gasteiger partial charge in [0.25, 0.3) is 0 Å². The summed E-state index contributed by atoms with van der Waals surface area (Å²) in [5.41, 5.74) is 10.9. The van der Waals surface area contributed by atoms with Crippen molar-refractivity contribution >= 4 is 5.91 Å². The fraction of sp³-hybridized carbons (Fsp3) is 0.364. The van der Waals surface area contributed by atoms with Crippen LogP contribution in [0.1, 0.15) is 6.92 Å². The second kappa shape index (κ2) is 4.42. The van der Waals surface area contributed by atoms with E-state index < -0.39 is 17.4 Å². The van der Waals surface area contributed by atoms with Crippen LogP contribution in [0.15, 0.2) is 36.0 Å². The molecule has 2 unspecified atom stereocenters. The molecule has 0 fully saturated rings. The Morgan fingerprint density at radius 2 is 2.27 bits per heavy atom. The molecule has 0 aromatic rings. The van der Waals surface area contributed by atoms with Crippen LogP contribution in [0.3, 0.4) is 0 Å². The van der Waals surface area contributed by atoms with E-state index >= 15 is 0 Å². The van der Waals surface area contributed by atoms with Crippen LogP contribution >= 0.6 is 0 Å². The predicted molar refractivity (Wildman–Crippen MR) is 58.7 cm³/mol. The van der Waals surface area contributed by atoms with Gasteiger partial charge < -0.3 is 16.6 Å². The van der Waals surface area contributed by atoms with Crippen molar-refractivity contribution in [2.24, 2.45) is 16.9 Å². The Balaban J connectivity index is 3.08. The molecular weight excluding hydrogens is 192 g/mol. The van der Waals surface area contributed by atoms with Crippen LogP contribution < -0.4 is 11.5 Å². The number of nitrogens with two attached hydrogens (primary N) is 2. The summed E-state index contributed by atoms with van der Waals surface area (Å²) in [6.07, 6.45) is 8.69. The molecule has 0 radical (unpaired) electrons. The quantitative estimate of drug-likeness (QED) is 0.602. The summed E-state index contributed by atoms with van der Waals surface area (Å²) < 4.78 is 0. The molecule has 5 N–H and O–H groups in total. The Morgan fingerprint density at radius 3 is 2.80 bits per heavy atom. The monoisotopic (exact) mass is 208 g/mol.